The zero-order chi connectivity index (χ0) is 10.4. The molecule has 0 aliphatic carbocycles. The summed E-state index contributed by atoms with van der Waals surface area (Å²) < 4.78 is 0. The molecule has 0 aromatic carbocycles. The second-order valence-electron chi connectivity index (χ2n) is 3.45. The predicted octanol–water partition coefficient (Wildman–Crippen LogP) is 2.36. The Morgan fingerprint density at radius 1 is 1.57 bits per heavy atom. The summed E-state index contributed by atoms with van der Waals surface area (Å²) in [6, 6.07) is 4.40. The van der Waals surface area contributed by atoms with Crippen LogP contribution < -0.4 is 5.73 Å². The van der Waals surface area contributed by atoms with Crippen LogP contribution >= 0.6 is 11.8 Å². The third-order valence-corrected chi connectivity index (χ3v) is 3.35. The number of aromatic nitrogens is 1. The number of hydrogen-bond donors (Lipinski definition) is 1. The summed E-state index contributed by atoms with van der Waals surface area (Å²) in [5.41, 5.74) is 8.28. The van der Waals surface area contributed by atoms with Gasteiger partial charge in [0, 0.05) is 23.7 Å². The molecule has 1 atom stereocenters. The Hall–Kier alpha value is -0.540. The smallest absolute Gasteiger partial charge is 0.0531 e. The maximum atomic E-state index is 5.83. The zero-order valence-corrected chi connectivity index (χ0v) is 9.68. The van der Waals surface area contributed by atoms with Crippen LogP contribution in [0.25, 0.3) is 0 Å². The molecule has 78 valence electrons. The fraction of sp³-hybridized carbons (Fsp3) is 0.545. The molecular weight excluding hydrogens is 192 g/mol. The highest BCUT2D eigenvalue weighted by Crippen LogP contribution is 2.14. The van der Waals surface area contributed by atoms with E-state index in [1.165, 1.54) is 11.3 Å². The predicted molar refractivity (Wildman–Crippen MR) is 63.4 cm³/mol. The monoisotopic (exact) mass is 210 g/mol. The van der Waals surface area contributed by atoms with Crippen LogP contribution in [0, 0.1) is 6.92 Å². The van der Waals surface area contributed by atoms with E-state index in [1.807, 2.05) is 24.0 Å². The number of hydrogen-bond acceptors (Lipinski definition) is 3. The van der Waals surface area contributed by atoms with Crippen molar-refractivity contribution < 1.29 is 0 Å². The molecule has 0 aliphatic heterocycles. The summed E-state index contributed by atoms with van der Waals surface area (Å²) in [7, 11) is 0. The molecule has 1 aromatic rings. The minimum atomic E-state index is 0.323. The van der Waals surface area contributed by atoms with Crippen LogP contribution in [0.15, 0.2) is 18.3 Å². The van der Waals surface area contributed by atoms with Crippen LogP contribution in [0.1, 0.15) is 24.6 Å². The highest BCUT2D eigenvalue weighted by Gasteiger charge is 2.02. The van der Waals surface area contributed by atoms with Gasteiger partial charge in [0.2, 0.25) is 0 Å². The topological polar surface area (TPSA) is 38.9 Å². The Kier molecular flexibility index (Phi) is 4.98. The Morgan fingerprint density at radius 2 is 2.36 bits per heavy atom. The molecule has 2 N–H and O–H groups in total. The van der Waals surface area contributed by atoms with E-state index in [0.29, 0.717) is 6.04 Å². The van der Waals surface area contributed by atoms with Crippen LogP contribution in [-0.4, -0.2) is 16.8 Å². The van der Waals surface area contributed by atoms with Gasteiger partial charge in [0.1, 0.15) is 0 Å². The van der Waals surface area contributed by atoms with Gasteiger partial charge in [-0.15, -0.1) is 0 Å². The molecule has 0 fully saturated rings. The normalized spacial score (nSPS) is 12.8. The molecule has 0 radical (unpaired) electrons. The molecule has 2 nitrogen and oxygen atoms in total. The quantitative estimate of drug-likeness (QED) is 0.811. The fourth-order valence-corrected chi connectivity index (χ4v) is 2.25. The third-order valence-electron chi connectivity index (χ3n) is 2.21. The van der Waals surface area contributed by atoms with Crippen molar-refractivity contribution in [1.82, 2.24) is 4.98 Å². The molecule has 0 saturated carbocycles. The molecule has 0 saturated heterocycles. The second-order valence-corrected chi connectivity index (χ2v) is 4.48. The highest BCUT2D eigenvalue weighted by atomic mass is 32.2. The molecular formula is C11H18N2S. The third kappa shape index (κ3) is 3.68. The minimum absolute atomic E-state index is 0.323. The van der Waals surface area contributed by atoms with Crippen molar-refractivity contribution in [3.63, 3.8) is 0 Å². The van der Waals surface area contributed by atoms with Crippen LogP contribution in [0.2, 0.25) is 0 Å². The summed E-state index contributed by atoms with van der Waals surface area (Å²) in [5.74, 6) is 1.99. The van der Waals surface area contributed by atoms with E-state index in [0.717, 1.165) is 17.9 Å². The average molecular weight is 210 g/mol. The van der Waals surface area contributed by atoms with Gasteiger partial charge in [0.25, 0.3) is 0 Å². The van der Waals surface area contributed by atoms with Crippen LogP contribution in [0.3, 0.4) is 0 Å². The Balaban J connectivity index is 2.35. The first-order valence-electron chi connectivity index (χ1n) is 4.97. The minimum Gasteiger partial charge on any atom is -0.327 e. The fourth-order valence-electron chi connectivity index (χ4n) is 1.09. The first-order chi connectivity index (χ1) is 6.74. The highest BCUT2D eigenvalue weighted by molar-refractivity contribution is 7.98. The van der Waals surface area contributed by atoms with Gasteiger partial charge in [-0.2, -0.15) is 11.8 Å². The van der Waals surface area contributed by atoms with E-state index >= 15 is 0 Å². The molecule has 3 heteroatoms. The molecule has 1 heterocycles. The molecule has 0 bridgehead atoms. The van der Waals surface area contributed by atoms with Crippen LogP contribution in [0.5, 0.6) is 0 Å². The van der Waals surface area contributed by atoms with E-state index in [9.17, 15) is 0 Å². The number of aryl methyl sites for hydroxylation is 1. The van der Waals surface area contributed by atoms with E-state index in [-0.39, 0.29) is 0 Å². The molecule has 0 aliphatic rings. The van der Waals surface area contributed by atoms with E-state index in [1.54, 1.807) is 0 Å². The number of thioether (sulfide) groups is 1. The van der Waals surface area contributed by atoms with Crippen molar-refractivity contribution in [1.29, 1.82) is 0 Å². The zero-order valence-electron chi connectivity index (χ0n) is 8.86. The lowest BCUT2D eigenvalue weighted by Crippen LogP contribution is -2.21. The first-order valence-corrected chi connectivity index (χ1v) is 6.13. The van der Waals surface area contributed by atoms with Gasteiger partial charge in [-0.05, 0) is 25.0 Å². The molecule has 14 heavy (non-hydrogen) atoms. The summed E-state index contributed by atoms with van der Waals surface area (Å²) >= 11 is 1.87. The molecule has 0 amide bonds. The van der Waals surface area contributed by atoms with Crippen LogP contribution in [0.4, 0.5) is 0 Å². The van der Waals surface area contributed by atoms with Gasteiger partial charge in [-0.3, -0.25) is 4.98 Å². The number of nitrogens with zero attached hydrogens (tertiary/aromatic N) is 1. The number of nitrogens with two attached hydrogens (primary N) is 1. The Labute approximate surface area is 90.3 Å². The van der Waals surface area contributed by atoms with Gasteiger partial charge >= 0.3 is 0 Å². The van der Waals surface area contributed by atoms with Crippen LogP contribution in [-0.2, 0) is 5.75 Å². The van der Waals surface area contributed by atoms with E-state index < -0.39 is 0 Å². The van der Waals surface area contributed by atoms with Gasteiger partial charge in [0.15, 0.2) is 0 Å². The largest absolute Gasteiger partial charge is 0.327 e. The van der Waals surface area contributed by atoms with Crippen molar-refractivity contribution in [2.75, 3.05) is 5.75 Å². The lowest BCUT2D eigenvalue weighted by Gasteiger charge is -2.08. The van der Waals surface area contributed by atoms with Crippen molar-refractivity contribution in [3.8, 4) is 0 Å². The van der Waals surface area contributed by atoms with E-state index in [4.69, 9.17) is 5.73 Å². The van der Waals surface area contributed by atoms with Gasteiger partial charge < -0.3 is 5.73 Å². The maximum absolute atomic E-state index is 5.83. The summed E-state index contributed by atoms with van der Waals surface area (Å²) in [6.45, 7) is 4.22. The summed E-state index contributed by atoms with van der Waals surface area (Å²) in [4.78, 5) is 4.34. The van der Waals surface area contributed by atoms with Crippen molar-refractivity contribution in [2.24, 2.45) is 5.73 Å². The van der Waals surface area contributed by atoms with Gasteiger partial charge in [-0.1, -0.05) is 13.0 Å². The van der Waals surface area contributed by atoms with Crippen molar-refractivity contribution >= 4 is 11.8 Å². The molecule has 1 unspecified atom stereocenters. The molecule has 0 spiro atoms. The number of pyridine rings is 1. The standard InChI is InChI=1S/C11H18N2S/c1-3-10(12)7-14-8-11-9(2)5-4-6-13-11/h4-6,10H,3,7-8,12H2,1-2H3. The number of rotatable bonds is 5. The van der Waals surface area contributed by atoms with Crippen molar-refractivity contribution in [3.05, 3.63) is 29.6 Å². The molecule has 1 rings (SSSR count). The molecule has 1 aromatic heterocycles. The first kappa shape index (κ1) is 11.5. The average Bonchev–Trinajstić information content (AvgIpc) is 2.20. The Bertz CT molecular complexity index is 276. The Morgan fingerprint density at radius 3 is 3.00 bits per heavy atom. The van der Waals surface area contributed by atoms with Crippen molar-refractivity contribution in [2.45, 2.75) is 32.1 Å². The second kappa shape index (κ2) is 6.04. The lowest BCUT2D eigenvalue weighted by atomic mass is 10.2. The summed E-state index contributed by atoms with van der Waals surface area (Å²) in [6.07, 6.45) is 2.90. The summed E-state index contributed by atoms with van der Waals surface area (Å²) in [5, 5.41) is 0. The van der Waals surface area contributed by atoms with Gasteiger partial charge in [-0.25, -0.2) is 0 Å². The van der Waals surface area contributed by atoms with Gasteiger partial charge in [0.05, 0.1) is 5.69 Å². The maximum Gasteiger partial charge on any atom is 0.0531 e. The van der Waals surface area contributed by atoms with E-state index in [2.05, 4.69) is 24.9 Å². The lowest BCUT2D eigenvalue weighted by molar-refractivity contribution is 0.724. The SMILES string of the molecule is CCC(N)CSCc1ncccc1C.